The zero-order chi connectivity index (χ0) is 16.2. The molecule has 7 heteroatoms. The molecule has 118 valence electrons. The quantitative estimate of drug-likeness (QED) is 0.451. The third-order valence-corrected chi connectivity index (χ3v) is 3.87. The van der Waals surface area contributed by atoms with Crippen LogP contribution in [0.2, 0.25) is 0 Å². The summed E-state index contributed by atoms with van der Waals surface area (Å²) in [4.78, 5) is 5.50. The number of hydrazone groups is 1. The minimum Gasteiger partial charge on any atom is -0.384 e. The Morgan fingerprint density at radius 1 is 1.45 bits per heavy atom. The van der Waals surface area contributed by atoms with E-state index in [0.29, 0.717) is 6.54 Å². The van der Waals surface area contributed by atoms with Gasteiger partial charge in [-0.15, -0.1) is 0 Å². The van der Waals surface area contributed by atoms with E-state index in [2.05, 4.69) is 28.7 Å². The fourth-order valence-electron chi connectivity index (χ4n) is 1.95. The molecule has 1 aliphatic heterocycles. The monoisotopic (exact) mass is 318 g/mol. The maximum absolute atomic E-state index is 7.39. The summed E-state index contributed by atoms with van der Waals surface area (Å²) < 4.78 is 3.26. The van der Waals surface area contributed by atoms with Crippen molar-refractivity contribution in [1.82, 2.24) is 9.73 Å². The van der Waals surface area contributed by atoms with Crippen LogP contribution in [0.3, 0.4) is 0 Å². The Bertz CT molecular complexity index is 591. The second-order valence-corrected chi connectivity index (χ2v) is 6.61. The molecule has 0 radical (unpaired) electrons. The molecule has 0 unspecified atom stereocenters. The van der Waals surface area contributed by atoms with Crippen LogP contribution in [0.5, 0.6) is 0 Å². The second kappa shape index (κ2) is 6.83. The number of nitrogens with zero attached hydrogens (tertiary/aromatic N) is 3. The number of rotatable bonds is 4. The maximum Gasteiger partial charge on any atom is 0.225 e. The van der Waals surface area contributed by atoms with Gasteiger partial charge in [0.2, 0.25) is 5.96 Å². The highest BCUT2D eigenvalue weighted by atomic mass is 32.2. The molecular weight excluding hydrogens is 296 g/mol. The van der Waals surface area contributed by atoms with Gasteiger partial charge in [0.05, 0.1) is 6.54 Å². The lowest BCUT2D eigenvalue weighted by molar-refractivity contribution is 0.380. The van der Waals surface area contributed by atoms with E-state index >= 15 is 0 Å². The molecule has 0 spiro atoms. The Morgan fingerprint density at radius 2 is 2.14 bits per heavy atom. The summed E-state index contributed by atoms with van der Waals surface area (Å²) in [7, 11) is 0. The molecule has 0 saturated heterocycles. The number of nitrogens with two attached hydrogens (primary N) is 1. The van der Waals surface area contributed by atoms with Crippen LogP contribution in [-0.4, -0.2) is 36.1 Å². The van der Waals surface area contributed by atoms with Gasteiger partial charge in [0, 0.05) is 28.6 Å². The maximum atomic E-state index is 7.39. The third-order valence-electron chi connectivity index (χ3n) is 3.08. The molecule has 2 rings (SSSR count). The van der Waals surface area contributed by atoms with Crippen molar-refractivity contribution < 1.29 is 0 Å². The molecule has 1 aromatic rings. The minimum absolute atomic E-state index is 0.0595. The number of hydrogen-bond donors (Lipinski definition) is 3. The second-order valence-electron chi connectivity index (χ2n) is 5.73. The molecule has 6 nitrogen and oxygen atoms in total. The fourth-order valence-corrected chi connectivity index (χ4v) is 2.60. The van der Waals surface area contributed by atoms with E-state index in [9.17, 15) is 0 Å². The molecule has 0 aliphatic carbocycles. The number of nitrogens with one attached hydrogen (secondary N) is 2. The number of guanidine groups is 1. The van der Waals surface area contributed by atoms with Crippen LogP contribution >= 0.6 is 11.9 Å². The van der Waals surface area contributed by atoms with Gasteiger partial charge < -0.3 is 5.73 Å². The van der Waals surface area contributed by atoms with Crippen molar-refractivity contribution in [2.45, 2.75) is 25.7 Å². The van der Waals surface area contributed by atoms with Crippen LogP contribution in [0, 0.1) is 10.8 Å². The molecule has 0 atom stereocenters. The minimum atomic E-state index is 0.0595. The third kappa shape index (κ3) is 4.24. The number of nitrogen functional groups attached to an aromatic ring is 1. The van der Waals surface area contributed by atoms with Crippen molar-refractivity contribution in [3.05, 3.63) is 29.8 Å². The number of benzene rings is 1. The lowest BCUT2D eigenvalue weighted by Gasteiger charge is -2.21. The summed E-state index contributed by atoms with van der Waals surface area (Å²) in [5.41, 5.74) is 6.23. The highest BCUT2D eigenvalue weighted by Gasteiger charge is 2.27. The summed E-state index contributed by atoms with van der Waals surface area (Å²) in [5, 5.41) is 13.7. The van der Waals surface area contributed by atoms with Crippen LogP contribution in [-0.2, 0) is 0 Å². The molecule has 0 bridgehead atoms. The van der Waals surface area contributed by atoms with Crippen LogP contribution in [0.4, 0.5) is 0 Å². The van der Waals surface area contributed by atoms with E-state index in [4.69, 9.17) is 11.1 Å². The highest BCUT2D eigenvalue weighted by Crippen LogP contribution is 2.22. The Hall–Kier alpha value is -2.02. The van der Waals surface area contributed by atoms with Gasteiger partial charge in [0.1, 0.15) is 5.84 Å². The summed E-state index contributed by atoms with van der Waals surface area (Å²) in [6.07, 6.45) is 1.95. The van der Waals surface area contributed by atoms with Crippen LogP contribution in [0.25, 0.3) is 0 Å². The molecule has 0 fully saturated rings. The highest BCUT2D eigenvalue weighted by molar-refractivity contribution is 7.98. The van der Waals surface area contributed by atoms with Gasteiger partial charge in [-0.1, -0.05) is 26.0 Å². The van der Waals surface area contributed by atoms with Gasteiger partial charge in [0.25, 0.3) is 0 Å². The van der Waals surface area contributed by atoms with E-state index in [-0.39, 0.29) is 11.3 Å². The van der Waals surface area contributed by atoms with Crippen molar-refractivity contribution in [3.63, 3.8) is 0 Å². The van der Waals surface area contributed by atoms with Crippen LogP contribution < -0.4 is 10.5 Å². The number of amidine groups is 1. The topological polar surface area (TPSA) is 89.9 Å². The predicted molar refractivity (Wildman–Crippen MR) is 93.4 cm³/mol. The van der Waals surface area contributed by atoms with E-state index < -0.39 is 0 Å². The Labute approximate surface area is 135 Å². The van der Waals surface area contributed by atoms with Gasteiger partial charge in [0.15, 0.2) is 0 Å². The van der Waals surface area contributed by atoms with E-state index in [1.807, 2.05) is 42.4 Å². The van der Waals surface area contributed by atoms with Crippen molar-refractivity contribution in [1.29, 1.82) is 5.41 Å². The predicted octanol–water partition coefficient (Wildman–Crippen LogP) is 2.27. The van der Waals surface area contributed by atoms with Gasteiger partial charge in [-0.3, -0.25) is 15.1 Å². The smallest absolute Gasteiger partial charge is 0.225 e. The molecule has 0 aromatic heterocycles. The first-order valence-electron chi connectivity index (χ1n) is 7.16. The first kappa shape index (κ1) is 16.4. The van der Waals surface area contributed by atoms with E-state index in [0.717, 1.165) is 23.0 Å². The molecule has 0 amide bonds. The molecular formula is C15H22N6S. The molecule has 4 N–H and O–H groups in total. The Morgan fingerprint density at radius 3 is 2.64 bits per heavy atom. The normalized spacial score (nSPS) is 16.9. The van der Waals surface area contributed by atoms with Crippen molar-refractivity contribution >= 4 is 30.0 Å². The average Bonchev–Trinajstić information content (AvgIpc) is 2.84. The molecule has 0 saturated carbocycles. The van der Waals surface area contributed by atoms with Crippen molar-refractivity contribution in [2.24, 2.45) is 21.2 Å². The average molecular weight is 318 g/mol. The molecule has 1 aromatic carbocycles. The lowest BCUT2D eigenvalue weighted by atomic mass is 9.97. The van der Waals surface area contributed by atoms with Gasteiger partial charge in [-0.05, 0) is 31.0 Å². The lowest BCUT2D eigenvalue weighted by Crippen LogP contribution is -2.36. The number of aliphatic imine (C=N–C) groups is 1. The summed E-state index contributed by atoms with van der Waals surface area (Å²) in [6.45, 7) is 7.79. The van der Waals surface area contributed by atoms with Crippen LogP contribution in [0.15, 0.2) is 39.3 Å². The first-order chi connectivity index (χ1) is 10.4. The van der Waals surface area contributed by atoms with Crippen molar-refractivity contribution in [3.8, 4) is 0 Å². The molecule has 22 heavy (non-hydrogen) atoms. The first-order valence-corrected chi connectivity index (χ1v) is 7.97. The Kier molecular flexibility index (Phi) is 5.07. The van der Waals surface area contributed by atoms with Gasteiger partial charge in [-0.2, -0.15) is 5.10 Å². The summed E-state index contributed by atoms with van der Waals surface area (Å²) >= 11 is 1.47. The zero-order valence-corrected chi connectivity index (χ0v) is 13.9. The SMILES string of the molecule is CCN=C(NSc1ccc(C(=N)N)cc1)N1CC(C)(C)C=N1. The van der Waals surface area contributed by atoms with E-state index in [1.165, 1.54) is 11.9 Å². The Balaban J connectivity index is 1.99. The van der Waals surface area contributed by atoms with Gasteiger partial charge in [-0.25, -0.2) is 5.01 Å². The summed E-state index contributed by atoms with van der Waals surface area (Å²) in [6, 6.07) is 7.52. The largest absolute Gasteiger partial charge is 0.384 e. The summed E-state index contributed by atoms with van der Waals surface area (Å²) in [5.74, 6) is 0.830. The fraction of sp³-hybridized carbons (Fsp3) is 0.400. The molecule has 1 aliphatic rings. The molecule has 1 heterocycles. The van der Waals surface area contributed by atoms with Crippen molar-refractivity contribution in [2.75, 3.05) is 13.1 Å². The van der Waals surface area contributed by atoms with Crippen LogP contribution in [0.1, 0.15) is 26.3 Å². The van der Waals surface area contributed by atoms with E-state index in [1.54, 1.807) is 0 Å². The zero-order valence-electron chi connectivity index (χ0n) is 13.1. The number of hydrogen-bond acceptors (Lipinski definition) is 4. The standard InChI is InChI=1S/C15H22N6S/c1-4-18-14(21-10-15(2,3)9-19-21)20-22-12-7-5-11(6-8-12)13(16)17/h5-9H,4,10H2,1-3H3,(H3,16,17)(H,18,20). The van der Waals surface area contributed by atoms with Gasteiger partial charge >= 0.3 is 0 Å².